The zero-order chi connectivity index (χ0) is 8.27. The van der Waals surface area contributed by atoms with Gasteiger partial charge in [0.1, 0.15) is 0 Å². The van der Waals surface area contributed by atoms with Crippen LogP contribution in [0.4, 0.5) is 0 Å². The second kappa shape index (κ2) is 3.13. The van der Waals surface area contributed by atoms with Gasteiger partial charge in [0, 0.05) is 0 Å². The maximum absolute atomic E-state index is 9.06. The fraction of sp³-hybridized carbons (Fsp3) is 0. The van der Waals surface area contributed by atoms with Crippen molar-refractivity contribution in [1.29, 1.82) is 5.26 Å². The summed E-state index contributed by atoms with van der Waals surface area (Å²) in [6.45, 7) is 0. The highest BCUT2D eigenvalue weighted by Gasteiger charge is 2.05. The molecule has 4 heteroatoms. The molecule has 0 aliphatic rings. The van der Waals surface area contributed by atoms with E-state index in [1.165, 1.54) is 18.4 Å². The summed E-state index contributed by atoms with van der Waals surface area (Å²) in [6, 6.07) is 4.47. The predicted octanol–water partition coefficient (Wildman–Crippen LogP) is 1.91. The van der Waals surface area contributed by atoms with Crippen molar-refractivity contribution >= 4 is 11.6 Å². The molecule has 0 amide bonds. The number of halogens is 1. The maximum atomic E-state index is 9.06. The molecule has 0 saturated heterocycles. The molecule has 0 spiro atoms. The molecule has 0 bridgehead atoms. The third kappa shape index (κ3) is 1.54. The Balaban J connectivity index is 3.12. The Morgan fingerprint density at radius 3 is 2.82 bits per heavy atom. The van der Waals surface area contributed by atoms with Crippen molar-refractivity contribution in [2.45, 2.75) is 0 Å². The maximum Gasteiger partial charge on any atom is 0.292 e. The van der Waals surface area contributed by atoms with Crippen molar-refractivity contribution < 1.29 is 9.84 Å². The fourth-order valence-corrected chi connectivity index (χ4v) is 0.852. The minimum absolute atomic E-state index is 0.00309. The molecule has 11 heavy (non-hydrogen) atoms. The minimum atomic E-state index is -0.140. The average molecular weight is 170 g/mol. The van der Waals surface area contributed by atoms with Crippen LogP contribution in [0.5, 0.6) is 11.5 Å². The van der Waals surface area contributed by atoms with E-state index in [4.69, 9.17) is 22.0 Å². The second-order valence-corrected chi connectivity index (χ2v) is 2.19. The van der Waals surface area contributed by atoms with Gasteiger partial charge in [0.25, 0.3) is 6.26 Å². The highest BCUT2D eigenvalue weighted by atomic mass is 35.5. The van der Waals surface area contributed by atoms with Crippen LogP contribution in [0.3, 0.4) is 0 Å². The van der Waals surface area contributed by atoms with E-state index >= 15 is 0 Å². The second-order valence-electron chi connectivity index (χ2n) is 1.78. The predicted molar refractivity (Wildman–Crippen MR) is 39.4 cm³/mol. The van der Waals surface area contributed by atoms with Crippen molar-refractivity contribution in [2.75, 3.05) is 0 Å². The van der Waals surface area contributed by atoms with Gasteiger partial charge in [0.15, 0.2) is 5.75 Å². The molecular formula is C7H4ClNO2. The van der Waals surface area contributed by atoms with E-state index in [1.807, 2.05) is 0 Å². The van der Waals surface area contributed by atoms with Crippen molar-refractivity contribution in [3.63, 3.8) is 0 Å². The van der Waals surface area contributed by atoms with Crippen LogP contribution in [0.1, 0.15) is 0 Å². The molecule has 0 saturated carbocycles. The van der Waals surface area contributed by atoms with Gasteiger partial charge in [0.05, 0.1) is 5.02 Å². The van der Waals surface area contributed by atoms with Gasteiger partial charge in [-0.1, -0.05) is 17.7 Å². The molecule has 56 valence electrons. The first kappa shape index (κ1) is 7.70. The van der Waals surface area contributed by atoms with Crippen LogP contribution in [-0.2, 0) is 0 Å². The number of phenols is 1. The highest BCUT2D eigenvalue weighted by Crippen LogP contribution is 2.33. The van der Waals surface area contributed by atoms with Gasteiger partial charge in [-0.15, -0.1) is 5.26 Å². The summed E-state index contributed by atoms with van der Waals surface area (Å²) in [7, 11) is 0. The monoisotopic (exact) mass is 169 g/mol. The number of para-hydroxylation sites is 1. The third-order valence-corrected chi connectivity index (χ3v) is 1.39. The van der Waals surface area contributed by atoms with Gasteiger partial charge < -0.3 is 9.84 Å². The summed E-state index contributed by atoms with van der Waals surface area (Å²) in [5, 5.41) is 17.4. The van der Waals surface area contributed by atoms with Crippen LogP contribution >= 0.6 is 11.6 Å². The lowest BCUT2D eigenvalue weighted by Crippen LogP contribution is -1.83. The summed E-state index contributed by atoms with van der Waals surface area (Å²) in [6.07, 6.45) is 1.42. The quantitative estimate of drug-likeness (QED) is 0.654. The van der Waals surface area contributed by atoms with Gasteiger partial charge in [-0.25, -0.2) is 0 Å². The molecule has 1 aromatic rings. The molecule has 0 aliphatic heterocycles. The molecule has 0 aromatic heterocycles. The minimum Gasteiger partial charge on any atom is -0.504 e. The van der Waals surface area contributed by atoms with Crippen LogP contribution in [0, 0.1) is 11.5 Å². The first-order chi connectivity index (χ1) is 5.25. The lowest BCUT2D eigenvalue weighted by molar-refractivity contribution is 0.421. The van der Waals surface area contributed by atoms with Gasteiger partial charge in [-0.3, -0.25) is 0 Å². The van der Waals surface area contributed by atoms with Gasteiger partial charge in [-0.2, -0.15) is 0 Å². The Hall–Kier alpha value is -1.40. The van der Waals surface area contributed by atoms with E-state index in [1.54, 1.807) is 6.07 Å². The van der Waals surface area contributed by atoms with Crippen LogP contribution < -0.4 is 4.74 Å². The van der Waals surface area contributed by atoms with E-state index in [0.717, 1.165) is 0 Å². The van der Waals surface area contributed by atoms with Crippen molar-refractivity contribution in [1.82, 2.24) is 0 Å². The number of ether oxygens (including phenoxy) is 1. The molecular weight excluding hydrogens is 166 g/mol. The SMILES string of the molecule is N#COc1c(O)cccc1Cl. The van der Waals surface area contributed by atoms with E-state index < -0.39 is 0 Å². The lowest BCUT2D eigenvalue weighted by Gasteiger charge is -2.00. The fourth-order valence-electron chi connectivity index (χ4n) is 0.644. The summed E-state index contributed by atoms with van der Waals surface area (Å²) < 4.78 is 4.39. The Morgan fingerprint density at radius 1 is 1.55 bits per heavy atom. The zero-order valence-electron chi connectivity index (χ0n) is 5.41. The van der Waals surface area contributed by atoms with Gasteiger partial charge >= 0.3 is 0 Å². The number of nitrogens with zero attached hydrogens (tertiary/aromatic N) is 1. The van der Waals surface area contributed by atoms with Gasteiger partial charge in [0.2, 0.25) is 5.75 Å². The Kier molecular flexibility index (Phi) is 2.19. The third-order valence-electron chi connectivity index (χ3n) is 1.09. The molecule has 3 nitrogen and oxygen atoms in total. The summed E-state index contributed by atoms with van der Waals surface area (Å²) in [5.74, 6) is -0.143. The van der Waals surface area contributed by atoms with Crippen LogP contribution in [0.2, 0.25) is 5.02 Å². The van der Waals surface area contributed by atoms with Crippen LogP contribution in [-0.4, -0.2) is 5.11 Å². The molecule has 1 aromatic carbocycles. The molecule has 0 radical (unpaired) electrons. The number of aromatic hydroxyl groups is 1. The van der Waals surface area contributed by atoms with E-state index in [2.05, 4.69) is 4.74 Å². The Morgan fingerprint density at radius 2 is 2.27 bits per heavy atom. The normalized spacial score (nSPS) is 8.73. The molecule has 0 heterocycles. The number of phenolic OH excluding ortho intramolecular Hbond substituents is 1. The standard InChI is InChI=1S/C7H4ClNO2/c8-5-2-1-3-6(10)7(5)11-4-9/h1-3,10H. The van der Waals surface area contributed by atoms with Gasteiger partial charge in [-0.05, 0) is 12.1 Å². The largest absolute Gasteiger partial charge is 0.504 e. The lowest BCUT2D eigenvalue weighted by atomic mass is 10.3. The van der Waals surface area contributed by atoms with Crippen molar-refractivity contribution in [3.05, 3.63) is 23.2 Å². The highest BCUT2D eigenvalue weighted by molar-refractivity contribution is 6.32. The number of benzene rings is 1. The van der Waals surface area contributed by atoms with Crippen molar-refractivity contribution in [2.24, 2.45) is 0 Å². The molecule has 1 rings (SSSR count). The topological polar surface area (TPSA) is 53.2 Å². The zero-order valence-corrected chi connectivity index (χ0v) is 6.17. The smallest absolute Gasteiger partial charge is 0.292 e. The van der Waals surface area contributed by atoms with E-state index in [-0.39, 0.29) is 16.5 Å². The number of rotatable bonds is 1. The molecule has 1 N–H and O–H groups in total. The number of nitriles is 1. The number of hydrogen-bond acceptors (Lipinski definition) is 3. The Labute approximate surface area is 68.4 Å². The summed E-state index contributed by atoms with van der Waals surface area (Å²) in [5.41, 5.74) is 0. The van der Waals surface area contributed by atoms with E-state index in [0.29, 0.717) is 0 Å². The molecule has 0 unspecified atom stereocenters. The average Bonchev–Trinajstić information content (AvgIpc) is 1.97. The van der Waals surface area contributed by atoms with Crippen LogP contribution in [0.15, 0.2) is 18.2 Å². The Bertz CT molecular complexity index is 286. The summed E-state index contributed by atoms with van der Waals surface area (Å²) >= 11 is 5.57. The number of hydrogen-bond donors (Lipinski definition) is 1. The first-order valence-corrected chi connectivity index (χ1v) is 3.17. The molecule has 0 aliphatic carbocycles. The first-order valence-electron chi connectivity index (χ1n) is 2.79. The van der Waals surface area contributed by atoms with Crippen molar-refractivity contribution in [3.8, 4) is 17.8 Å². The van der Waals surface area contributed by atoms with Crippen LogP contribution in [0.25, 0.3) is 0 Å². The van der Waals surface area contributed by atoms with E-state index in [9.17, 15) is 0 Å². The summed E-state index contributed by atoms with van der Waals surface area (Å²) in [4.78, 5) is 0. The molecule has 0 fully saturated rings. The molecule has 0 atom stereocenters.